The molecule has 1 heterocycles. The maximum Gasteiger partial charge on any atom is 0.387 e. The van der Waals surface area contributed by atoms with Crippen LogP contribution < -0.4 is 20.7 Å². The number of alkyl halides is 2. The zero-order valence-corrected chi connectivity index (χ0v) is 15.9. The van der Waals surface area contributed by atoms with E-state index in [1.54, 1.807) is 12.1 Å². The number of carbonyl (C=O) groups is 1. The second-order valence-electron chi connectivity index (χ2n) is 5.84. The molecule has 0 radical (unpaired) electrons. The van der Waals surface area contributed by atoms with E-state index >= 15 is 0 Å². The van der Waals surface area contributed by atoms with Crippen LogP contribution in [0.3, 0.4) is 0 Å². The number of aliphatic imine (C=N–C) groups is 1. The van der Waals surface area contributed by atoms with Gasteiger partial charge >= 0.3 is 6.61 Å². The molecule has 0 bridgehead atoms. The van der Waals surface area contributed by atoms with Crippen LogP contribution in [-0.2, 0) is 0 Å². The van der Waals surface area contributed by atoms with Crippen molar-refractivity contribution in [2.24, 2.45) is 4.99 Å². The highest BCUT2D eigenvalue weighted by Crippen LogP contribution is 2.19. The van der Waals surface area contributed by atoms with E-state index in [1.807, 2.05) is 6.92 Å². The number of ether oxygens (including phenoxy) is 1. The van der Waals surface area contributed by atoms with Gasteiger partial charge in [0, 0.05) is 19.6 Å². The van der Waals surface area contributed by atoms with E-state index in [-0.39, 0.29) is 24.0 Å². The third kappa shape index (κ3) is 7.78. The number of rotatable bonds is 10. The molecule has 0 fully saturated rings. The molecule has 158 valence electrons. The van der Waals surface area contributed by atoms with Crippen LogP contribution in [0.5, 0.6) is 5.75 Å². The number of carbonyl (C=O) groups excluding carboxylic acids is 1. The molecule has 2 rings (SSSR count). The van der Waals surface area contributed by atoms with E-state index < -0.39 is 12.7 Å². The average molecular weight is 410 g/mol. The lowest BCUT2D eigenvalue weighted by Gasteiger charge is -2.14. The van der Waals surface area contributed by atoms with Crippen molar-refractivity contribution in [3.63, 3.8) is 0 Å². The molecule has 1 aromatic heterocycles. The van der Waals surface area contributed by atoms with Crippen LogP contribution in [0.15, 0.2) is 52.1 Å². The first-order chi connectivity index (χ1) is 14.0. The molecule has 0 aliphatic carbocycles. The van der Waals surface area contributed by atoms with Crippen molar-refractivity contribution in [2.45, 2.75) is 19.6 Å². The number of nitrogens with zero attached hydrogens (tertiary/aromatic N) is 1. The predicted molar refractivity (Wildman–Crippen MR) is 103 cm³/mol. The van der Waals surface area contributed by atoms with Crippen molar-refractivity contribution in [1.82, 2.24) is 16.0 Å². The number of guanidine groups is 1. The lowest BCUT2D eigenvalue weighted by Crippen LogP contribution is -2.41. The number of furan rings is 1. The van der Waals surface area contributed by atoms with Crippen LogP contribution in [0.2, 0.25) is 0 Å². The third-order valence-corrected chi connectivity index (χ3v) is 3.70. The van der Waals surface area contributed by atoms with E-state index in [4.69, 9.17) is 4.42 Å². The Kier molecular flexibility index (Phi) is 8.90. The Labute approximate surface area is 167 Å². The summed E-state index contributed by atoms with van der Waals surface area (Å²) in [6.45, 7) is 0.428. The van der Waals surface area contributed by atoms with E-state index in [1.165, 1.54) is 30.5 Å². The van der Waals surface area contributed by atoms with Crippen molar-refractivity contribution >= 4 is 11.9 Å². The monoisotopic (exact) mass is 410 g/mol. The molecule has 0 aliphatic heterocycles. The molecular weight excluding hydrogens is 386 g/mol. The Morgan fingerprint density at radius 2 is 1.90 bits per heavy atom. The molecule has 0 aliphatic rings. The summed E-state index contributed by atoms with van der Waals surface area (Å²) in [7, 11) is 0. The zero-order valence-electron chi connectivity index (χ0n) is 15.9. The summed E-state index contributed by atoms with van der Waals surface area (Å²) < 4.78 is 33.6. The van der Waals surface area contributed by atoms with Crippen molar-refractivity contribution in [1.29, 1.82) is 0 Å². The summed E-state index contributed by atoms with van der Waals surface area (Å²) in [5, 5.41) is 19.0. The van der Waals surface area contributed by atoms with Gasteiger partial charge in [0.1, 0.15) is 5.75 Å². The number of hydrogen-bond donors (Lipinski definition) is 4. The lowest BCUT2D eigenvalue weighted by atomic mass is 10.1. The molecule has 10 heteroatoms. The maximum atomic E-state index is 12.2. The fourth-order valence-corrected chi connectivity index (χ4v) is 2.35. The fraction of sp³-hybridized carbons (Fsp3) is 0.368. The van der Waals surface area contributed by atoms with Gasteiger partial charge in [-0.15, -0.1) is 0 Å². The standard InChI is InChI=1S/C19H24F2N4O4/c1-2-22-19(24-10-9-23-17(27)16-4-3-11-28-16)25-12-15(26)13-5-7-14(8-6-13)29-18(20)21/h3-8,11,15,18,26H,2,9-10,12H2,1H3,(H,23,27)(H2,22,24,25). The van der Waals surface area contributed by atoms with Crippen LogP contribution in [0.25, 0.3) is 0 Å². The van der Waals surface area contributed by atoms with Gasteiger partial charge in [-0.25, -0.2) is 0 Å². The summed E-state index contributed by atoms with van der Waals surface area (Å²) in [5.74, 6) is 0.412. The Morgan fingerprint density at radius 3 is 2.52 bits per heavy atom. The number of benzene rings is 1. The number of nitrogens with one attached hydrogen (secondary N) is 3. The molecule has 1 amide bonds. The van der Waals surface area contributed by atoms with Crippen molar-refractivity contribution in [2.75, 3.05) is 26.2 Å². The smallest absolute Gasteiger partial charge is 0.387 e. The second kappa shape index (κ2) is 11.6. The van der Waals surface area contributed by atoms with Gasteiger partial charge in [-0.3, -0.25) is 9.79 Å². The number of hydrogen-bond acceptors (Lipinski definition) is 5. The first-order valence-corrected chi connectivity index (χ1v) is 9.06. The van der Waals surface area contributed by atoms with Gasteiger partial charge in [-0.1, -0.05) is 12.1 Å². The molecule has 0 saturated heterocycles. The summed E-state index contributed by atoms with van der Waals surface area (Å²) in [6, 6.07) is 8.93. The van der Waals surface area contributed by atoms with Gasteiger partial charge in [-0.05, 0) is 36.8 Å². The van der Waals surface area contributed by atoms with Gasteiger partial charge in [0.2, 0.25) is 0 Å². The Hall–Kier alpha value is -3.14. The quantitative estimate of drug-likeness (QED) is 0.271. The van der Waals surface area contributed by atoms with Crippen LogP contribution in [0, 0.1) is 0 Å². The fourth-order valence-electron chi connectivity index (χ4n) is 2.35. The molecule has 8 nitrogen and oxygen atoms in total. The average Bonchev–Trinajstić information content (AvgIpc) is 3.24. The van der Waals surface area contributed by atoms with Gasteiger partial charge in [0.25, 0.3) is 5.91 Å². The van der Waals surface area contributed by atoms with Gasteiger partial charge in [0.05, 0.1) is 18.9 Å². The Morgan fingerprint density at radius 1 is 1.17 bits per heavy atom. The first kappa shape index (κ1) is 22.2. The van der Waals surface area contributed by atoms with Crippen molar-refractivity contribution < 1.29 is 27.8 Å². The Balaban J connectivity index is 1.80. The van der Waals surface area contributed by atoms with E-state index in [9.17, 15) is 18.7 Å². The highest BCUT2D eigenvalue weighted by atomic mass is 19.3. The van der Waals surface area contributed by atoms with Crippen LogP contribution >= 0.6 is 0 Å². The molecule has 1 aromatic carbocycles. The number of aliphatic hydroxyl groups excluding tert-OH is 1. The SMILES string of the molecule is CCNC(=NCC(O)c1ccc(OC(F)F)cc1)NCCNC(=O)c1ccco1. The summed E-state index contributed by atoms with van der Waals surface area (Å²) >= 11 is 0. The van der Waals surface area contributed by atoms with E-state index in [0.29, 0.717) is 31.2 Å². The van der Waals surface area contributed by atoms with Crippen molar-refractivity contribution in [3.05, 3.63) is 54.0 Å². The number of halogens is 2. The maximum absolute atomic E-state index is 12.2. The molecule has 29 heavy (non-hydrogen) atoms. The summed E-state index contributed by atoms with van der Waals surface area (Å²) in [4.78, 5) is 16.1. The van der Waals surface area contributed by atoms with Gasteiger partial charge in [0.15, 0.2) is 11.7 Å². The molecule has 0 saturated carbocycles. The normalized spacial score (nSPS) is 12.5. The van der Waals surface area contributed by atoms with Crippen LogP contribution in [0.4, 0.5) is 8.78 Å². The highest BCUT2D eigenvalue weighted by Gasteiger charge is 2.10. The zero-order chi connectivity index (χ0) is 21.1. The Bertz CT molecular complexity index is 767. The molecule has 1 atom stereocenters. The second-order valence-corrected chi connectivity index (χ2v) is 5.84. The minimum absolute atomic E-state index is 0.0195. The van der Waals surface area contributed by atoms with E-state index in [2.05, 4.69) is 25.7 Å². The lowest BCUT2D eigenvalue weighted by molar-refractivity contribution is -0.0498. The summed E-state index contributed by atoms with van der Waals surface area (Å²) in [6.07, 6.45) is 0.512. The minimum Gasteiger partial charge on any atom is -0.459 e. The van der Waals surface area contributed by atoms with Crippen LogP contribution in [-0.4, -0.2) is 49.8 Å². The molecule has 4 N–H and O–H groups in total. The van der Waals surface area contributed by atoms with Gasteiger partial charge in [-0.2, -0.15) is 8.78 Å². The molecule has 0 spiro atoms. The van der Waals surface area contributed by atoms with E-state index in [0.717, 1.165) is 0 Å². The summed E-state index contributed by atoms with van der Waals surface area (Å²) in [5.41, 5.74) is 0.525. The minimum atomic E-state index is -2.90. The number of amides is 1. The highest BCUT2D eigenvalue weighted by molar-refractivity contribution is 5.91. The van der Waals surface area contributed by atoms with Gasteiger partial charge < -0.3 is 30.2 Å². The molecular formula is C19H24F2N4O4. The topological polar surface area (TPSA) is 108 Å². The largest absolute Gasteiger partial charge is 0.459 e. The molecule has 2 aromatic rings. The number of aliphatic hydroxyl groups is 1. The third-order valence-electron chi connectivity index (χ3n) is 3.70. The molecule has 1 unspecified atom stereocenters. The van der Waals surface area contributed by atoms with Crippen molar-refractivity contribution in [3.8, 4) is 5.75 Å². The van der Waals surface area contributed by atoms with Crippen LogP contribution in [0.1, 0.15) is 29.1 Å². The predicted octanol–water partition coefficient (Wildman–Crippen LogP) is 1.90. The first-order valence-electron chi connectivity index (χ1n) is 9.06.